The zero-order valence-corrected chi connectivity index (χ0v) is 14.5. The van der Waals surface area contributed by atoms with Gasteiger partial charge in [-0.05, 0) is 53.9 Å². The van der Waals surface area contributed by atoms with Gasteiger partial charge in [0.2, 0.25) is 0 Å². The third-order valence-electron chi connectivity index (χ3n) is 2.94. The van der Waals surface area contributed by atoms with Gasteiger partial charge in [0.05, 0.1) is 12.2 Å². The molecule has 2 N–H and O–H groups in total. The van der Waals surface area contributed by atoms with E-state index in [4.69, 9.17) is 10.2 Å². The fraction of sp³-hybridized carbons (Fsp3) is 1.00. The van der Waals surface area contributed by atoms with Gasteiger partial charge in [-0.3, -0.25) is 0 Å². The molecule has 0 aliphatic carbocycles. The molecule has 0 saturated heterocycles. The van der Waals surface area contributed by atoms with Gasteiger partial charge in [0.25, 0.3) is 0 Å². The van der Waals surface area contributed by atoms with Crippen LogP contribution in [0.1, 0.15) is 40.5 Å². The quantitative estimate of drug-likeness (QED) is 0.664. The van der Waals surface area contributed by atoms with Crippen LogP contribution in [0.25, 0.3) is 0 Å². The topological polar surface area (TPSA) is 46.9 Å². The first-order valence-corrected chi connectivity index (χ1v) is 7.06. The number of aliphatic hydroxyl groups excluding tert-OH is 2. The Bertz CT molecular complexity index is 152. The predicted molar refractivity (Wildman–Crippen MR) is 78.9 cm³/mol. The second-order valence-corrected chi connectivity index (χ2v) is 5.07. The zero-order chi connectivity index (χ0) is 14.6. The van der Waals surface area contributed by atoms with Crippen LogP contribution in [0, 0.1) is 0 Å². The Labute approximate surface area is 130 Å². The molecule has 0 rings (SSSR count). The maximum atomic E-state index is 8.87. The number of nitrogens with zero attached hydrogens (tertiary/aromatic N) is 2. The van der Waals surface area contributed by atoms with E-state index in [0.29, 0.717) is 0 Å². The van der Waals surface area contributed by atoms with E-state index < -0.39 is 0 Å². The summed E-state index contributed by atoms with van der Waals surface area (Å²) in [6, 6.07) is 0. The second-order valence-electron chi connectivity index (χ2n) is 5.07. The van der Waals surface area contributed by atoms with Gasteiger partial charge in [0, 0.05) is 29.6 Å². The summed E-state index contributed by atoms with van der Waals surface area (Å²) in [5, 5.41) is 17.7. The van der Waals surface area contributed by atoms with Crippen LogP contribution in [0.5, 0.6) is 0 Å². The van der Waals surface area contributed by atoms with Crippen LogP contribution in [-0.4, -0.2) is 72.5 Å². The molecule has 5 heteroatoms. The molecular formula is C14H34N2NiO2. The molecule has 0 amide bonds. The van der Waals surface area contributed by atoms with Gasteiger partial charge in [-0.25, -0.2) is 0 Å². The van der Waals surface area contributed by atoms with E-state index in [1.165, 1.54) is 0 Å². The predicted octanol–water partition coefficient (Wildman–Crippen LogP) is 1.42. The van der Waals surface area contributed by atoms with Crippen molar-refractivity contribution in [3.05, 3.63) is 0 Å². The summed E-state index contributed by atoms with van der Waals surface area (Å²) in [6.07, 6.45) is 1.45. The number of rotatable bonds is 8. The van der Waals surface area contributed by atoms with Gasteiger partial charge in [-0.2, -0.15) is 0 Å². The van der Waals surface area contributed by atoms with Crippen molar-refractivity contribution >= 4 is 0 Å². The summed E-state index contributed by atoms with van der Waals surface area (Å²) in [7, 11) is 4.12. The van der Waals surface area contributed by atoms with Crippen molar-refractivity contribution in [2.24, 2.45) is 0 Å². The van der Waals surface area contributed by atoms with E-state index in [9.17, 15) is 0 Å². The van der Waals surface area contributed by atoms with Gasteiger partial charge in [0.15, 0.2) is 0 Å². The van der Waals surface area contributed by atoms with Crippen LogP contribution in [-0.2, 0) is 16.5 Å². The van der Waals surface area contributed by atoms with Crippen LogP contribution >= 0.6 is 0 Å². The van der Waals surface area contributed by atoms with Gasteiger partial charge in [-0.15, -0.1) is 0 Å². The fourth-order valence-corrected chi connectivity index (χ4v) is 1.13. The Morgan fingerprint density at radius 2 is 1.05 bits per heavy atom. The Kier molecular flexibility index (Phi) is 21.0. The molecule has 122 valence electrons. The van der Waals surface area contributed by atoms with Crippen molar-refractivity contribution < 1.29 is 26.7 Å². The summed E-state index contributed by atoms with van der Waals surface area (Å²) in [4.78, 5) is 4.37. The molecule has 2 unspecified atom stereocenters. The maximum absolute atomic E-state index is 8.87. The molecular weight excluding hydrogens is 287 g/mol. The molecule has 2 atom stereocenters. The summed E-state index contributed by atoms with van der Waals surface area (Å²) in [6.45, 7) is 12.0. The average molecular weight is 321 g/mol. The summed E-state index contributed by atoms with van der Waals surface area (Å²) < 4.78 is 0. The summed E-state index contributed by atoms with van der Waals surface area (Å²) >= 11 is 0. The molecule has 4 nitrogen and oxygen atoms in total. The fourth-order valence-electron chi connectivity index (χ4n) is 1.13. The Morgan fingerprint density at radius 1 is 0.789 bits per heavy atom. The number of hydrogen-bond acceptors (Lipinski definition) is 4. The molecule has 0 spiro atoms. The molecule has 19 heavy (non-hydrogen) atoms. The summed E-state index contributed by atoms with van der Waals surface area (Å²) in [5.74, 6) is 0. The molecule has 0 aromatic rings. The van der Waals surface area contributed by atoms with Gasteiger partial charge >= 0.3 is 0 Å². The Morgan fingerprint density at radius 3 is 1.21 bits per heavy atom. The third-order valence-corrected chi connectivity index (χ3v) is 2.94. The van der Waals surface area contributed by atoms with Crippen LogP contribution < -0.4 is 0 Å². The van der Waals surface area contributed by atoms with Crippen molar-refractivity contribution in [1.82, 2.24) is 9.80 Å². The minimum atomic E-state index is -0.154. The van der Waals surface area contributed by atoms with Crippen LogP contribution in [0.15, 0.2) is 0 Å². The van der Waals surface area contributed by atoms with Gasteiger partial charge in [0.1, 0.15) is 0 Å². The molecule has 0 aliphatic heterocycles. The Balaban J connectivity index is -0.000000256. The maximum Gasteiger partial charge on any atom is 0.0524 e. The van der Waals surface area contributed by atoms with Gasteiger partial charge in [-0.1, -0.05) is 13.8 Å². The molecule has 0 saturated carbocycles. The zero-order valence-electron chi connectivity index (χ0n) is 13.5. The minimum Gasteiger partial charge on any atom is -0.393 e. The first-order chi connectivity index (χ1) is 8.33. The minimum absolute atomic E-state index is 0. The van der Waals surface area contributed by atoms with Crippen molar-refractivity contribution in [3.63, 3.8) is 0 Å². The van der Waals surface area contributed by atoms with Crippen LogP contribution in [0.3, 0.4) is 0 Å². The van der Waals surface area contributed by atoms with Crippen LogP contribution in [0.4, 0.5) is 0 Å². The number of hydrogen-bond donors (Lipinski definition) is 2. The standard InChI is InChI=1S/2C7H17NO.Ni/c2*1-4-8(3)6-5-7(2)9;/h2*7,9H,4-6H2,1-3H3;. The largest absolute Gasteiger partial charge is 0.393 e. The van der Waals surface area contributed by atoms with Gasteiger partial charge < -0.3 is 20.0 Å². The van der Waals surface area contributed by atoms with Crippen LogP contribution in [0.2, 0.25) is 0 Å². The molecule has 0 heterocycles. The van der Waals surface area contributed by atoms with E-state index in [1.54, 1.807) is 0 Å². The molecule has 0 bridgehead atoms. The average Bonchev–Trinajstić information content (AvgIpc) is 2.33. The third kappa shape index (κ3) is 23.8. The Hall–Kier alpha value is 0.334. The van der Waals surface area contributed by atoms with E-state index in [1.807, 2.05) is 13.8 Å². The molecule has 0 radical (unpaired) electrons. The molecule has 0 aromatic heterocycles. The normalized spacial score (nSPS) is 13.6. The van der Waals surface area contributed by atoms with E-state index in [-0.39, 0.29) is 28.7 Å². The first-order valence-electron chi connectivity index (χ1n) is 7.06. The number of aliphatic hydroxyl groups is 2. The van der Waals surface area contributed by atoms with Crippen molar-refractivity contribution in [1.29, 1.82) is 0 Å². The smallest absolute Gasteiger partial charge is 0.0524 e. The molecule has 0 fully saturated rings. The van der Waals surface area contributed by atoms with E-state index in [0.717, 1.165) is 39.0 Å². The summed E-state index contributed by atoms with van der Waals surface area (Å²) in [5.41, 5.74) is 0. The molecule has 0 aromatic carbocycles. The van der Waals surface area contributed by atoms with E-state index in [2.05, 4.69) is 37.7 Å². The second kappa shape index (κ2) is 16.4. The monoisotopic (exact) mass is 320 g/mol. The van der Waals surface area contributed by atoms with Crippen molar-refractivity contribution in [3.8, 4) is 0 Å². The van der Waals surface area contributed by atoms with Crippen molar-refractivity contribution in [2.75, 3.05) is 40.3 Å². The first kappa shape index (κ1) is 24.4. The molecule has 0 aliphatic rings. The van der Waals surface area contributed by atoms with Crippen molar-refractivity contribution in [2.45, 2.75) is 52.7 Å². The van der Waals surface area contributed by atoms with E-state index >= 15 is 0 Å². The SMILES string of the molecule is CCN(C)CCC(C)O.CCN(C)CCC(C)O.[Ni].